The summed E-state index contributed by atoms with van der Waals surface area (Å²) in [7, 11) is 0. The summed E-state index contributed by atoms with van der Waals surface area (Å²) in [5.74, 6) is 1.71. The molecular formula is C59H33N5OS. The van der Waals surface area contributed by atoms with Crippen molar-refractivity contribution >= 4 is 119 Å². The molecule has 0 amide bonds. The SMILES string of the molecule is c1ccc2cc3c(cc2c1)c1cc2ccccc2cc1n3-c1cc2oc3ccccc3c2cc1-c1nc(-c2cccc3sc4ccccc4c23)nc(-n2c3ccccc3c3ccccc32)n1. The molecule has 5 aromatic heterocycles. The fourth-order valence-electron chi connectivity index (χ4n) is 10.6. The highest BCUT2D eigenvalue weighted by atomic mass is 32.1. The Balaban J connectivity index is 1.12. The predicted molar refractivity (Wildman–Crippen MR) is 275 cm³/mol. The van der Waals surface area contributed by atoms with Crippen molar-refractivity contribution in [3.05, 3.63) is 200 Å². The lowest BCUT2D eigenvalue weighted by Gasteiger charge is -2.16. The van der Waals surface area contributed by atoms with E-state index in [1.165, 1.54) is 36.3 Å². The molecule has 0 spiro atoms. The summed E-state index contributed by atoms with van der Waals surface area (Å²) < 4.78 is 13.7. The molecule has 0 N–H and O–H groups in total. The maximum atomic E-state index is 6.73. The number of hydrogen-bond donors (Lipinski definition) is 0. The van der Waals surface area contributed by atoms with E-state index < -0.39 is 0 Å². The van der Waals surface area contributed by atoms with Gasteiger partial charge in [0, 0.05) is 69.7 Å². The van der Waals surface area contributed by atoms with Crippen molar-refractivity contribution in [1.29, 1.82) is 0 Å². The standard InChI is InChI=1S/C59H33N5OS/c1-3-16-36-30-49-43(28-34(36)14-1)44-29-35-15-2-4-17-37(35)31-50(44)63(49)51-33-53-45(40-20-7-11-25-52(40)65-53)32-46(51)58-60-57(42-22-13-27-55-56(42)41-21-8-12-26-54(41)66-55)61-59(62-58)64-47-23-9-5-18-38(47)39-19-6-10-24-48(39)64/h1-33H. The number of thiophene rings is 1. The first-order valence-electron chi connectivity index (χ1n) is 22.2. The average molecular weight is 860 g/mol. The van der Waals surface area contributed by atoms with Crippen LogP contribution in [-0.2, 0) is 0 Å². The van der Waals surface area contributed by atoms with E-state index in [4.69, 9.17) is 19.4 Å². The van der Waals surface area contributed by atoms with Gasteiger partial charge in [0.25, 0.3) is 0 Å². The lowest BCUT2D eigenvalue weighted by Crippen LogP contribution is -2.08. The van der Waals surface area contributed by atoms with Crippen molar-refractivity contribution in [3.8, 4) is 34.4 Å². The zero-order chi connectivity index (χ0) is 43.0. The number of furan rings is 1. The van der Waals surface area contributed by atoms with Crippen LogP contribution in [-0.4, -0.2) is 24.1 Å². The highest BCUT2D eigenvalue weighted by Crippen LogP contribution is 2.44. The molecule has 0 fully saturated rings. The van der Waals surface area contributed by atoms with Gasteiger partial charge in [0.05, 0.1) is 27.8 Å². The van der Waals surface area contributed by atoms with Gasteiger partial charge in [-0.15, -0.1) is 11.3 Å². The van der Waals surface area contributed by atoms with E-state index >= 15 is 0 Å². The van der Waals surface area contributed by atoms with Gasteiger partial charge in [0.15, 0.2) is 11.6 Å². The zero-order valence-corrected chi connectivity index (χ0v) is 35.9. The van der Waals surface area contributed by atoms with E-state index in [2.05, 4.69) is 197 Å². The minimum Gasteiger partial charge on any atom is -0.456 e. The van der Waals surface area contributed by atoms with E-state index in [0.29, 0.717) is 17.6 Å². The van der Waals surface area contributed by atoms with Gasteiger partial charge in [-0.05, 0) is 82.2 Å². The molecule has 15 rings (SSSR count). The van der Waals surface area contributed by atoms with Crippen molar-refractivity contribution < 1.29 is 4.42 Å². The summed E-state index contributed by atoms with van der Waals surface area (Å²) in [6, 6.07) is 71.4. The Hall–Kier alpha value is -8.65. The minimum absolute atomic E-state index is 0.547. The van der Waals surface area contributed by atoms with E-state index in [1.807, 2.05) is 12.1 Å². The van der Waals surface area contributed by atoms with Crippen LogP contribution in [0.25, 0.3) is 142 Å². The van der Waals surface area contributed by atoms with Gasteiger partial charge in [-0.25, -0.2) is 4.98 Å². The summed E-state index contributed by atoms with van der Waals surface area (Å²) in [6.45, 7) is 0. The predicted octanol–water partition coefficient (Wildman–Crippen LogP) is 16.0. The quantitative estimate of drug-likeness (QED) is 0.177. The number of nitrogens with zero attached hydrogens (tertiary/aromatic N) is 5. The van der Waals surface area contributed by atoms with Crippen molar-refractivity contribution in [3.63, 3.8) is 0 Å². The maximum Gasteiger partial charge on any atom is 0.238 e. The van der Waals surface area contributed by atoms with Crippen molar-refractivity contribution in [2.75, 3.05) is 0 Å². The van der Waals surface area contributed by atoms with Gasteiger partial charge < -0.3 is 8.98 Å². The summed E-state index contributed by atoms with van der Waals surface area (Å²) in [5, 5.41) is 13.7. The first-order valence-corrected chi connectivity index (χ1v) is 23.0. The van der Waals surface area contributed by atoms with Gasteiger partial charge in [-0.2, -0.15) is 9.97 Å². The Morgan fingerprint density at radius 1 is 0.348 bits per heavy atom. The van der Waals surface area contributed by atoms with Crippen LogP contribution < -0.4 is 0 Å². The zero-order valence-electron chi connectivity index (χ0n) is 35.1. The van der Waals surface area contributed by atoms with Crippen LogP contribution in [0.1, 0.15) is 0 Å². The van der Waals surface area contributed by atoms with Gasteiger partial charge in [-0.1, -0.05) is 133 Å². The van der Waals surface area contributed by atoms with Gasteiger partial charge in [-0.3, -0.25) is 4.57 Å². The molecule has 0 aliphatic carbocycles. The van der Waals surface area contributed by atoms with Crippen LogP contribution in [0.2, 0.25) is 0 Å². The van der Waals surface area contributed by atoms with E-state index in [9.17, 15) is 0 Å². The summed E-state index contributed by atoms with van der Waals surface area (Å²) in [4.78, 5) is 16.7. The lowest BCUT2D eigenvalue weighted by molar-refractivity contribution is 0.668. The first-order chi connectivity index (χ1) is 32.7. The molecule has 7 heteroatoms. The van der Waals surface area contributed by atoms with Gasteiger partial charge >= 0.3 is 0 Å². The molecule has 0 bridgehead atoms. The largest absolute Gasteiger partial charge is 0.456 e. The average Bonchev–Trinajstić information content (AvgIpc) is 4.11. The highest BCUT2D eigenvalue weighted by Gasteiger charge is 2.25. The smallest absolute Gasteiger partial charge is 0.238 e. The second kappa shape index (κ2) is 13.4. The third-order valence-corrected chi connectivity index (χ3v) is 14.7. The molecule has 6 nitrogen and oxygen atoms in total. The highest BCUT2D eigenvalue weighted by molar-refractivity contribution is 7.25. The van der Waals surface area contributed by atoms with E-state index in [-0.39, 0.29) is 0 Å². The Labute approximate surface area is 379 Å². The lowest BCUT2D eigenvalue weighted by atomic mass is 10.0. The fraction of sp³-hybridized carbons (Fsp3) is 0. The Morgan fingerprint density at radius 3 is 1.58 bits per heavy atom. The van der Waals surface area contributed by atoms with E-state index in [1.54, 1.807) is 11.3 Å². The number of para-hydroxylation sites is 3. The van der Waals surface area contributed by atoms with E-state index in [0.717, 1.165) is 87.8 Å². The normalized spacial score (nSPS) is 12.2. The molecule has 10 aromatic carbocycles. The molecule has 0 saturated carbocycles. The molecule has 0 saturated heterocycles. The van der Waals surface area contributed by atoms with Gasteiger partial charge in [0.2, 0.25) is 5.95 Å². The van der Waals surface area contributed by atoms with Crippen LogP contribution in [0.5, 0.6) is 0 Å². The van der Waals surface area contributed by atoms with Crippen LogP contribution >= 0.6 is 11.3 Å². The Morgan fingerprint density at radius 2 is 0.894 bits per heavy atom. The molecule has 0 aliphatic heterocycles. The van der Waals surface area contributed by atoms with Gasteiger partial charge in [0.1, 0.15) is 11.2 Å². The Kier molecular flexibility index (Phi) is 7.28. The van der Waals surface area contributed by atoms with Crippen molar-refractivity contribution in [2.24, 2.45) is 0 Å². The second-order valence-corrected chi connectivity index (χ2v) is 18.2. The molecule has 15 aromatic rings. The van der Waals surface area contributed by atoms with Crippen LogP contribution in [0.4, 0.5) is 0 Å². The van der Waals surface area contributed by atoms with Crippen molar-refractivity contribution in [2.45, 2.75) is 0 Å². The second-order valence-electron chi connectivity index (χ2n) is 17.2. The molecule has 0 aliphatic rings. The summed E-state index contributed by atoms with van der Waals surface area (Å²) in [6.07, 6.45) is 0. The number of benzene rings is 10. The third-order valence-electron chi connectivity index (χ3n) is 13.5. The molecular weight excluding hydrogens is 827 g/mol. The molecule has 66 heavy (non-hydrogen) atoms. The fourth-order valence-corrected chi connectivity index (χ4v) is 11.7. The molecule has 0 unspecified atom stereocenters. The molecule has 306 valence electrons. The number of rotatable bonds is 4. The van der Waals surface area contributed by atoms with Crippen LogP contribution in [0.3, 0.4) is 0 Å². The molecule has 5 heterocycles. The number of aromatic nitrogens is 5. The maximum absolute atomic E-state index is 6.73. The minimum atomic E-state index is 0.547. The Bertz CT molecular complexity index is 4400. The number of hydrogen-bond acceptors (Lipinski definition) is 5. The van der Waals surface area contributed by atoms with Crippen LogP contribution in [0.15, 0.2) is 205 Å². The summed E-state index contributed by atoms with van der Waals surface area (Å²) in [5.41, 5.74) is 8.58. The van der Waals surface area contributed by atoms with Crippen LogP contribution in [0, 0.1) is 0 Å². The number of fused-ring (bicyclic) bond motifs is 14. The third kappa shape index (κ3) is 5.08. The topological polar surface area (TPSA) is 61.7 Å². The summed E-state index contributed by atoms with van der Waals surface area (Å²) >= 11 is 1.79. The molecule has 0 radical (unpaired) electrons. The monoisotopic (exact) mass is 859 g/mol. The molecule has 0 atom stereocenters. The van der Waals surface area contributed by atoms with Crippen molar-refractivity contribution in [1.82, 2.24) is 24.1 Å². The first kappa shape index (κ1) is 35.8.